The zero-order valence-electron chi connectivity index (χ0n) is 14.5. The van der Waals surface area contributed by atoms with Crippen molar-refractivity contribution in [2.45, 2.75) is 13.3 Å². The van der Waals surface area contributed by atoms with Crippen LogP contribution in [0.15, 0.2) is 53.4 Å². The van der Waals surface area contributed by atoms with Crippen LogP contribution in [0.2, 0.25) is 0 Å². The first kappa shape index (κ1) is 19.1. The third-order valence-corrected chi connectivity index (χ3v) is 5.09. The van der Waals surface area contributed by atoms with Crippen LogP contribution in [0.1, 0.15) is 29.3 Å². The second-order valence-electron chi connectivity index (χ2n) is 5.77. The maximum atomic E-state index is 12.8. The number of rotatable bonds is 6. The summed E-state index contributed by atoms with van der Waals surface area (Å²) >= 11 is 6.49. The van der Waals surface area contributed by atoms with Crippen molar-refractivity contribution in [2.24, 2.45) is 0 Å². The van der Waals surface area contributed by atoms with Crippen molar-refractivity contribution >= 4 is 51.9 Å². The number of anilines is 1. The molecule has 1 saturated heterocycles. The third kappa shape index (κ3) is 4.37. The second-order valence-corrected chi connectivity index (χ2v) is 7.45. The number of carbonyl (C=O) groups excluding carboxylic acids is 2. The Balaban J connectivity index is 1.82. The largest absolute Gasteiger partial charge is 0.545 e. The lowest BCUT2D eigenvalue weighted by Gasteiger charge is -2.15. The van der Waals surface area contributed by atoms with Crippen LogP contribution in [-0.4, -0.2) is 22.8 Å². The highest BCUT2D eigenvalue weighted by Crippen LogP contribution is 2.36. The quantitative estimate of drug-likeness (QED) is 0.550. The van der Waals surface area contributed by atoms with Crippen LogP contribution in [0.5, 0.6) is 5.75 Å². The van der Waals surface area contributed by atoms with Gasteiger partial charge in [-0.2, -0.15) is 0 Å². The smallest absolute Gasteiger partial charge is 0.270 e. The molecule has 1 heterocycles. The van der Waals surface area contributed by atoms with E-state index in [2.05, 4.69) is 0 Å². The van der Waals surface area contributed by atoms with Gasteiger partial charge in [0.25, 0.3) is 5.91 Å². The minimum Gasteiger partial charge on any atom is -0.545 e. The van der Waals surface area contributed by atoms with Crippen LogP contribution in [-0.2, 0) is 4.79 Å². The van der Waals surface area contributed by atoms with Gasteiger partial charge in [-0.25, -0.2) is 0 Å². The molecule has 2 aromatic carbocycles. The van der Waals surface area contributed by atoms with E-state index in [-0.39, 0.29) is 11.5 Å². The molecule has 0 radical (unpaired) electrons. The lowest BCUT2D eigenvalue weighted by atomic mass is 10.1. The molecule has 138 valence electrons. The molecule has 0 bridgehead atoms. The first-order valence-corrected chi connectivity index (χ1v) is 9.54. The number of aromatic carboxylic acids is 1. The van der Waals surface area contributed by atoms with Gasteiger partial charge in [0.1, 0.15) is 5.75 Å². The lowest BCUT2D eigenvalue weighted by molar-refractivity contribution is -0.255. The Labute approximate surface area is 166 Å². The molecule has 1 fully saturated rings. The van der Waals surface area contributed by atoms with Crippen molar-refractivity contribution in [3.8, 4) is 5.75 Å². The highest BCUT2D eigenvalue weighted by Gasteiger charge is 2.33. The molecule has 0 atom stereocenters. The highest BCUT2D eigenvalue weighted by molar-refractivity contribution is 8.27. The zero-order valence-corrected chi connectivity index (χ0v) is 16.1. The van der Waals surface area contributed by atoms with Crippen LogP contribution in [0.4, 0.5) is 5.69 Å². The fraction of sp³-hybridized carbons (Fsp3) is 0.150. The highest BCUT2D eigenvalue weighted by atomic mass is 32.2. The Bertz CT molecular complexity index is 922. The molecule has 3 rings (SSSR count). The summed E-state index contributed by atoms with van der Waals surface area (Å²) in [7, 11) is 0. The summed E-state index contributed by atoms with van der Waals surface area (Å²) in [6, 6.07) is 13.4. The van der Waals surface area contributed by atoms with E-state index in [1.54, 1.807) is 18.2 Å². The van der Waals surface area contributed by atoms with Crippen molar-refractivity contribution in [3.05, 3.63) is 64.6 Å². The molecule has 27 heavy (non-hydrogen) atoms. The summed E-state index contributed by atoms with van der Waals surface area (Å²) < 4.78 is 5.90. The topological polar surface area (TPSA) is 69.7 Å². The molecule has 5 nitrogen and oxygen atoms in total. The van der Waals surface area contributed by atoms with Crippen molar-refractivity contribution in [1.29, 1.82) is 0 Å². The van der Waals surface area contributed by atoms with Gasteiger partial charge < -0.3 is 14.6 Å². The van der Waals surface area contributed by atoms with Crippen LogP contribution in [0.25, 0.3) is 6.08 Å². The molecule has 7 heteroatoms. The number of amides is 1. The molecule has 0 N–H and O–H groups in total. The van der Waals surface area contributed by atoms with E-state index in [4.69, 9.17) is 17.0 Å². The van der Waals surface area contributed by atoms with Gasteiger partial charge in [0.05, 0.1) is 23.2 Å². The molecule has 0 saturated carbocycles. The van der Waals surface area contributed by atoms with Crippen LogP contribution < -0.4 is 14.7 Å². The van der Waals surface area contributed by atoms with Crippen LogP contribution >= 0.6 is 24.0 Å². The van der Waals surface area contributed by atoms with Gasteiger partial charge >= 0.3 is 0 Å². The van der Waals surface area contributed by atoms with E-state index in [1.165, 1.54) is 28.8 Å². The van der Waals surface area contributed by atoms with Gasteiger partial charge in [0.2, 0.25) is 0 Å². The van der Waals surface area contributed by atoms with E-state index in [1.807, 2.05) is 31.2 Å². The van der Waals surface area contributed by atoms with Crippen molar-refractivity contribution in [2.75, 3.05) is 11.5 Å². The summed E-state index contributed by atoms with van der Waals surface area (Å²) in [6.45, 7) is 2.70. The van der Waals surface area contributed by atoms with Crippen molar-refractivity contribution in [3.63, 3.8) is 0 Å². The minimum absolute atomic E-state index is 0.00630. The van der Waals surface area contributed by atoms with Gasteiger partial charge in [-0.3, -0.25) is 9.69 Å². The fourth-order valence-corrected chi connectivity index (χ4v) is 3.79. The first-order valence-electron chi connectivity index (χ1n) is 8.32. The predicted molar refractivity (Wildman–Crippen MR) is 109 cm³/mol. The molecular formula is C20H16NO4S2-. The Morgan fingerprint density at radius 2 is 2.00 bits per heavy atom. The number of thioether (sulfide) groups is 1. The maximum absolute atomic E-state index is 12.8. The van der Waals surface area contributed by atoms with Gasteiger partial charge in [-0.15, -0.1) is 0 Å². The maximum Gasteiger partial charge on any atom is 0.270 e. The molecule has 1 amide bonds. The molecule has 0 spiro atoms. The lowest BCUT2D eigenvalue weighted by Crippen LogP contribution is -2.28. The third-order valence-electron chi connectivity index (χ3n) is 3.78. The summed E-state index contributed by atoms with van der Waals surface area (Å²) in [5.74, 6) is -0.810. The summed E-state index contributed by atoms with van der Waals surface area (Å²) in [6.07, 6.45) is 2.69. The molecule has 0 aliphatic carbocycles. The molecule has 0 aromatic heterocycles. The molecule has 1 aliphatic rings. The number of nitrogens with zero attached hydrogens (tertiary/aromatic N) is 1. The van der Waals surface area contributed by atoms with Crippen LogP contribution in [0, 0.1) is 0 Å². The average Bonchev–Trinajstić information content (AvgIpc) is 2.94. The normalized spacial score (nSPS) is 15.4. The van der Waals surface area contributed by atoms with Crippen molar-refractivity contribution in [1.82, 2.24) is 0 Å². The van der Waals surface area contributed by atoms with E-state index in [0.717, 1.165) is 17.7 Å². The van der Waals surface area contributed by atoms with Crippen molar-refractivity contribution < 1.29 is 19.4 Å². The van der Waals surface area contributed by atoms with Crippen LogP contribution in [0.3, 0.4) is 0 Å². The first-order chi connectivity index (χ1) is 13.0. The van der Waals surface area contributed by atoms with E-state index < -0.39 is 5.97 Å². The number of benzene rings is 2. The molecule has 1 aliphatic heterocycles. The monoisotopic (exact) mass is 398 g/mol. The van der Waals surface area contributed by atoms with Gasteiger partial charge in [-0.1, -0.05) is 55.2 Å². The summed E-state index contributed by atoms with van der Waals surface area (Å²) in [5, 5.41) is 11.1. The summed E-state index contributed by atoms with van der Waals surface area (Å²) in [5.41, 5.74) is 1.25. The average molecular weight is 398 g/mol. The number of hydrogen-bond donors (Lipinski definition) is 0. The number of thiocarbonyl (C=S) groups is 1. The van der Waals surface area contributed by atoms with E-state index in [9.17, 15) is 14.7 Å². The van der Waals surface area contributed by atoms with E-state index in [0.29, 0.717) is 21.5 Å². The SMILES string of the molecule is CCCOc1ccc(/C=C2\SC(=S)N(c3cccc(C(=O)[O-])c3)C2=O)cc1. The number of hydrogen-bond acceptors (Lipinski definition) is 6. The number of ether oxygens (including phenoxy) is 1. The Hall–Kier alpha value is -2.64. The molecular weight excluding hydrogens is 382 g/mol. The number of carbonyl (C=O) groups is 2. The Morgan fingerprint density at radius 3 is 2.67 bits per heavy atom. The fourth-order valence-electron chi connectivity index (χ4n) is 2.49. The number of carboxylic acids is 1. The molecule has 0 unspecified atom stereocenters. The van der Waals surface area contributed by atoms with Gasteiger partial charge in [-0.05, 0) is 47.9 Å². The summed E-state index contributed by atoms with van der Waals surface area (Å²) in [4.78, 5) is 25.6. The van der Waals surface area contributed by atoms with Gasteiger partial charge in [0.15, 0.2) is 4.32 Å². The standard InChI is InChI=1S/C20H17NO4S2/c1-2-10-25-16-8-6-13(7-9-16)11-17-18(22)21(20(26)27-17)15-5-3-4-14(12-15)19(23)24/h3-9,11-12H,2,10H2,1H3,(H,23,24)/p-1/b17-11-. The zero-order chi connectivity index (χ0) is 19.4. The van der Waals surface area contributed by atoms with Gasteiger partial charge in [0, 0.05) is 0 Å². The number of carboxylic acid groups (broad SMARTS) is 1. The minimum atomic E-state index is -1.30. The molecule has 2 aromatic rings. The Kier molecular flexibility index (Phi) is 5.93. The van der Waals surface area contributed by atoms with E-state index >= 15 is 0 Å². The predicted octanol–water partition coefficient (Wildman–Crippen LogP) is 3.24. The second kappa shape index (κ2) is 8.37. The Morgan fingerprint density at radius 1 is 1.26 bits per heavy atom.